The largest absolute Gasteiger partial charge is 0.293 e. The number of allylic oxidation sites excluding steroid dienone is 1. The zero-order valence-electron chi connectivity index (χ0n) is 17.7. The van der Waals surface area contributed by atoms with Crippen LogP contribution in [-0.4, -0.2) is 21.1 Å². The summed E-state index contributed by atoms with van der Waals surface area (Å²) in [6.45, 7) is 10.4. The minimum absolute atomic E-state index is 0.00589. The third-order valence-electron chi connectivity index (χ3n) is 5.72. The summed E-state index contributed by atoms with van der Waals surface area (Å²) in [6, 6.07) is 5.92. The van der Waals surface area contributed by atoms with Gasteiger partial charge in [0.1, 0.15) is 4.83 Å². The maximum atomic E-state index is 13.4. The normalized spacial score (nSPS) is 15.9. The molecule has 0 spiro atoms. The lowest BCUT2D eigenvalue weighted by Gasteiger charge is -2.17. The summed E-state index contributed by atoms with van der Waals surface area (Å²) in [6.07, 6.45) is 4.79. The Morgan fingerprint density at radius 1 is 1.40 bits per heavy atom. The van der Waals surface area contributed by atoms with Gasteiger partial charge < -0.3 is 0 Å². The van der Waals surface area contributed by atoms with Gasteiger partial charge in [-0.3, -0.25) is 14.2 Å². The first kappa shape index (κ1) is 21.1. The molecule has 0 saturated carbocycles. The molecule has 0 bridgehead atoms. The van der Waals surface area contributed by atoms with E-state index >= 15 is 0 Å². The van der Waals surface area contributed by atoms with Crippen LogP contribution in [0.1, 0.15) is 45.3 Å². The Hall–Kier alpha value is -2.18. The summed E-state index contributed by atoms with van der Waals surface area (Å²) < 4.78 is 1.67. The monoisotopic (exact) mass is 438 g/mol. The minimum Gasteiger partial charge on any atom is -0.293 e. The molecule has 3 aromatic rings. The van der Waals surface area contributed by atoms with Crippen molar-refractivity contribution in [1.29, 1.82) is 0 Å². The number of benzene rings is 1. The summed E-state index contributed by atoms with van der Waals surface area (Å²) in [5.41, 5.74) is 3.95. The third-order valence-corrected chi connectivity index (χ3v) is 7.84. The van der Waals surface area contributed by atoms with Gasteiger partial charge in [0.15, 0.2) is 10.9 Å². The van der Waals surface area contributed by atoms with Gasteiger partial charge in [0.2, 0.25) is 0 Å². The molecule has 0 amide bonds. The SMILES string of the molecule is C=CCn1c(SCC(=O)c2cc(C)ccc2C)nc2sc3c(c2c1=O)CCC(C)C3. The molecule has 30 heavy (non-hydrogen) atoms. The van der Waals surface area contributed by atoms with Crippen LogP contribution < -0.4 is 5.56 Å². The minimum atomic E-state index is -0.00589. The van der Waals surface area contributed by atoms with Crippen LogP contribution in [0, 0.1) is 19.8 Å². The summed E-state index contributed by atoms with van der Waals surface area (Å²) in [4.78, 5) is 33.1. The number of aryl methyl sites for hydroxylation is 3. The van der Waals surface area contributed by atoms with E-state index < -0.39 is 0 Å². The molecular formula is C24H26N2O2S2. The standard InChI is InChI=1S/C24H26N2O2S2/c1-5-10-26-23(28)21-17-9-7-15(3)12-20(17)30-22(21)25-24(26)29-13-19(27)18-11-14(2)6-8-16(18)4/h5-6,8,11,15H,1,7,9-10,12-13H2,2-4H3. The van der Waals surface area contributed by atoms with Gasteiger partial charge in [-0.05, 0) is 56.2 Å². The van der Waals surface area contributed by atoms with Crippen molar-refractivity contribution >= 4 is 39.1 Å². The van der Waals surface area contributed by atoms with Gasteiger partial charge in [0.05, 0.1) is 11.1 Å². The molecule has 6 heteroatoms. The maximum Gasteiger partial charge on any atom is 0.263 e. The molecule has 156 valence electrons. The molecule has 1 aromatic carbocycles. The molecule has 0 aliphatic heterocycles. The van der Waals surface area contributed by atoms with Gasteiger partial charge in [-0.1, -0.05) is 42.5 Å². The Morgan fingerprint density at radius 2 is 2.20 bits per heavy atom. The Morgan fingerprint density at radius 3 is 2.97 bits per heavy atom. The fraction of sp³-hybridized carbons (Fsp3) is 0.375. The zero-order valence-corrected chi connectivity index (χ0v) is 19.3. The fourth-order valence-electron chi connectivity index (χ4n) is 4.05. The summed E-state index contributed by atoms with van der Waals surface area (Å²) in [5, 5.41) is 1.37. The lowest BCUT2D eigenvalue weighted by Crippen LogP contribution is -2.24. The number of thioether (sulfide) groups is 1. The van der Waals surface area contributed by atoms with Crippen molar-refractivity contribution < 1.29 is 4.79 Å². The number of aromatic nitrogens is 2. The second-order valence-corrected chi connectivity index (χ2v) is 10.2. The Balaban J connectivity index is 1.70. The second kappa shape index (κ2) is 8.52. The van der Waals surface area contributed by atoms with Crippen molar-refractivity contribution in [2.24, 2.45) is 5.92 Å². The number of hydrogen-bond acceptors (Lipinski definition) is 5. The molecule has 4 rings (SSSR count). The van der Waals surface area contributed by atoms with Crippen LogP contribution in [0.4, 0.5) is 0 Å². The zero-order chi connectivity index (χ0) is 21.4. The summed E-state index contributed by atoms with van der Waals surface area (Å²) in [5.74, 6) is 0.951. The van der Waals surface area contributed by atoms with Crippen molar-refractivity contribution in [1.82, 2.24) is 9.55 Å². The van der Waals surface area contributed by atoms with Gasteiger partial charge in [-0.25, -0.2) is 4.98 Å². The van der Waals surface area contributed by atoms with Crippen molar-refractivity contribution in [3.63, 3.8) is 0 Å². The number of nitrogens with zero attached hydrogens (tertiary/aromatic N) is 2. The fourth-order valence-corrected chi connectivity index (χ4v) is 6.36. The lowest BCUT2D eigenvalue weighted by molar-refractivity contribution is 0.102. The molecule has 1 unspecified atom stereocenters. The number of thiophene rings is 1. The molecule has 2 heterocycles. The van der Waals surface area contributed by atoms with Gasteiger partial charge in [0.25, 0.3) is 5.56 Å². The highest BCUT2D eigenvalue weighted by Gasteiger charge is 2.25. The van der Waals surface area contributed by atoms with Crippen LogP contribution in [0.15, 0.2) is 40.8 Å². The van der Waals surface area contributed by atoms with Crippen LogP contribution >= 0.6 is 23.1 Å². The molecule has 0 fully saturated rings. The molecule has 1 atom stereocenters. The van der Waals surface area contributed by atoms with E-state index in [1.165, 1.54) is 22.2 Å². The van der Waals surface area contributed by atoms with E-state index in [9.17, 15) is 9.59 Å². The smallest absolute Gasteiger partial charge is 0.263 e. The number of hydrogen-bond donors (Lipinski definition) is 0. The number of carbonyl (C=O) groups excluding carboxylic acids is 1. The highest BCUT2D eigenvalue weighted by atomic mass is 32.2. The average Bonchev–Trinajstić information content (AvgIpc) is 3.07. The summed E-state index contributed by atoms with van der Waals surface area (Å²) in [7, 11) is 0. The van der Waals surface area contributed by atoms with E-state index in [0.717, 1.165) is 46.2 Å². The number of ketones is 1. The van der Waals surface area contributed by atoms with Crippen LogP contribution in [0.2, 0.25) is 0 Å². The highest BCUT2D eigenvalue weighted by Crippen LogP contribution is 2.36. The first-order valence-electron chi connectivity index (χ1n) is 10.3. The molecule has 0 N–H and O–H groups in total. The Labute approximate surface area is 185 Å². The quantitative estimate of drug-likeness (QED) is 0.225. The number of carbonyl (C=O) groups is 1. The van der Waals surface area contributed by atoms with Crippen molar-refractivity contribution in [2.45, 2.75) is 51.7 Å². The second-order valence-electron chi connectivity index (χ2n) is 8.16. The van der Waals surface area contributed by atoms with E-state index in [4.69, 9.17) is 4.98 Å². The van der Waals surface area contributed by atoms with Crippen molar-refractivity contribution in [2.75, 3.05) is 5.75 Å². The average molecular weight is 439 g/mol. The van der Waals surface area contributed by atoms with E-state index in [0.29, 0.717) is 17.6 Å². The highest BCUT2D eigenvalue weighted by molar-refractivity contribution is 7.99. The lowest BCUT2D eigenvalue weighted by atomic mass is 9.89. The molecule has 4 nitrogen and oxygen atoms in total. The molecule has 0 radical (unpaired) electrons. The van der Waals surface area contributed by atoms with E-state index in [1.807, 2.05) is 32.0 Å². The van der Waals surface area contributed by atoms with Crippen LogP contribution in [0.3, 0.4) is 0 Å². The summed E-state index contributed by atoms with van der Waals surface area (Å²) >= 11 is 2.99. The number of rotatable bonds is 6. The topological polar surface area (TPSA) is 52.0 Å². The molecule has 0 saturated heterocycles. The van der Waals surface area contributed by atoms with Crippen LogP contribution in [0.5, 0.6) is 0 Å². The van der Waals surface area contributed by atoms with Crippen molar-refractivity contribution in [3.05, 3.63) is 68.3 Å². The first-order valence-corrected chi connectivity index (χ1v) is 12.1. The number of Topliss-reactive ketones (excluding diaryl/α,β-unsaturated/α-hetero) is 1. The maximum absolute atomic E-state index is 13.4. The third kappa shape index (κ3) is 3.91. The van der Waals surface area contributed by atoms with Gasteiger partial charge in [-0.2, -0.15) is 0 Å². The Kier molecular flexibility index (Phi) is 5.98. The Bertz CT molecular complexity index is 1210. The first-order chi connectivity index (χ1) is 14.4. The molecule has 1 aliphatic carbocycles. The van der Waals surface area contributed by atoms with Crippen molar-refractivity contribution in [3.8, 4) is 0 Å². The van der Waals surface area contributed by atoms with Gasteiger partial charge in [-0.15, -0.1) is 17.9 Å². The predicted octanol–water partition coefficient (Wildman–Crippen LogP) is 5.36. The van der Waals surface area contributed by atoms with Gasteiger partial charge >= 0.3 is 0 Å². The molecule has 2 aromatic heterocycles. The van der Waals surface area contributed by atoms with Crippen LogP contribution in [-0.2, 0) is 19.4 Å². The molecular weight excluding hydrogens is 412 g/mol. The van der Waals surface area contributed by atoms with E-state index in [1.54, 1.807) is 22.0 Å². The van der Waals surface area contributed by atoms with E-state index in [-0.39, 0.29) is 17.1 Å². The molecule has 1 aliphatic rings. The number of fused-ring (bicyclic) bond motifs is 3. The predicted molar refractivity (Wildman–Crippen MR) is 126 cm³/mol. The van der Waals surface area contributed by atoms with Gasteiger partial charge in [0, 0.05) is 17.0 Å². The van der Waals surface area contributed by atoms with Crippen LogP contribution in [0.25, 0.3) is 10.2 Å². The van der Waals surface area contributed by atoms with E-state index in [2.05, 4.69) is 13.5 Å².